The summed E-state index contributed by atoms with van der Waals surface area (Å²) in [6, 6.07) is 45.0. The third-order valence-electron chi connectivity index (χ3n) is 10.7. The highest BCUT2D eigenvalue weighted by Gasteiger charge is 2.38. The fraction of sp³-hybridized carbons (Fsp3) is 0.0667. The van der Waals surface area contributed by atoms with Crippen molar-refractivity contribution in [2.45, 2.75) is 19.3 Å². The van der Waals surface area contributed by atoms with Gasteiger partial charge in [0.2, 0.25) is 0 Å². The molecule has 0 radical (unpaired) electrons. The largest absolute Gasteiger partial charge is 0.456 e. The van der Waals surface area contributed by atoms with Crippen LogP contribution in [0.2, 0.25) is 0 Å². The summed E-state index contributed by atoms with van der Waals surface area (Å²) in [7, 11) is 0. The third kappa shape index (κ3) is 3.63. The van der Waals surface area contributed by atoms with Crippen molar-refractivity contribution < 1.29 is 8.83 Å². The first-order chi connectivity index (χ1) is 24.0. The predicted molar refractivity (Wildman–Crippen MR) is 200 cm³/mol. The summed E-state index contributed by atoms with van der Waals surface area (Å²) >= 11 is 0. The number of rotatable bonds is 2. The number of hydrogen-bond acceptors (Lipinski definition) is 4. The van der Waals surface area contributed by atoms with Crippen LogP contribution in [0.1, 0.15) is 25.0 Å². The normalized spacial score (nSPS) is 13.7. The molecule has 49 heavy (non-hydrogen) atoms. The van der Waals surface area contributed by atoms with Crippen LogP contribution in [-0.2, 0) is 5.41 Å². The molecule has 10 aromatic rings. The van der Waals surface area contributed by atoms with Crippen LogP contribution in [0.4, 0.5) is 0 Å². The molecular formula is C45H28N2O2. The summed E-state index contributed by atoms with van der Waals surface area (Å²) in [4.78, 5) is 9.79. The molecule has 0 unspecified atom stereocenters. The van der Waals surface area contributed by atoms with Gasteiger partial charge >= 0.3 is 0 Å². The molecule has 0 saturated carbocycles. The first-order valence-corrected chi connectivity index (χ1v) is 16.7. The van der Waals surface area contributed by atoms with Gasteiger partial charge < -0.3 is 8.83 Å². The van der Waals surface area contributed by atoms with Crippen molar-refractivity contribution >= 4 is 65.7 Å². The van der Waals surface area contributed by atoms with E-state index in [9.17, 15) is 0 Å². The number of nitrogens with zero attached hydrogens (tertiary/aromatic N) is 2. The molecule has 230 valence electrons. The van der Waals surface area contributed by atoms with Crippen LogP contribution in [0.25, 0.3) is 99.2 Å². The Morgan fingerprint density at radius 3 is 2.12 bits per heavy atom. The van der Waals surface area contributed by atoms with Crippen LogP contribution in [-0.4, -0.2) is 9.97 Å². The lowest BCUT2D eigenvalue weighted by Crippen LogP contribution is -2.15. The van der Waals surface area contributed by atoms with E-state index < -0.39 is 0 Å². The lowest BCUT2D eigenvalue weighted by atomic mass is 9.81. The predicted octanol–water partition coefficient (Wildman–Crippen LogP) is 12.2. The zero-order valence-corrected chi connectivity index (χ0v) is 26.9. The molecule has 0 N–H and O–H groups in total. The second kappa shape index (κ2) is 9.42. The van der Waals surface area contributed by atoms with E-state index in [1.165, 1.54) is 27.8 Å². The Balaban J connectivity index is 1.14. The van der Waals surface area contributed by atoms with E-state index in [0.717, 1.165) is 82.5 Å². The van der Waals surface area contributed by atoms with Crippen LogP contribution < -0.4 is 0 Å². The average molecular weight is 629 g/mol. The van der Waals surface area contributed by atoms with Crippen molar-refractivity contribution in [2.75, 3.05) is 0 Å². The quantitative estimate of drug-likeness (QED) is 0.179. The molecule has 11 rings (SSSR count). The third-order valence-corrected chi connectivity index (χ3v) is 10.7. The van der Waals surface area contributed by atoms with Crippen molar-refractivity contribution in [1.29, 1.82) is 0 Å². The first-order valence-electron chi connectivity index (χ1n) is 16.7. The Morgan fingerprint density at radius 2 is 1.24 bits per heavy atom. The molecule has 1 aliphatic carbocycles. The molecule has 4 aromatic heterocycles. The Hall–Kier alpha value is -6.26. The number of aromatic nitrogens is 2. The minimum atomic E-state index is -0.164. The summed E-state index contributed by atoms with van der Waals surface area (Å²) in [5.74, 6) is 0. The summed E-state index contributed by atoms with van der Waals surface area (Å²) < 4.78 is 13.1. The van der Waals surface area contributed by atoms with Crippen LogP contribution in [0.15, 0.2) is 142 Å². The standard InChI is InChI=1S/C45H28N2O2/c1-45(2)34-11-5-3-9-29(34)41-35(45)24-31(40-30-10-4-6-12-37(30)49-44(40)41)27-16-19-38-32(22-27)33-23-28(17-20-39(33)48-38)36-18-15-26-14-13-25-8-7-21-46-42(25)43(26)47-36/h3-24H,1-2H3. The number of furan rings is 2. The lowest BCUT2D eigenvalue weighted by molar-refractivity contribution is 0.653. The molecular weight excluding hydrogens is 601 g/mol. The minimum absolute atomic E-state index is 0.164. The SMILES string of the molecule is CC1(C)c2ccccc2-c2c1cc(-c1ccc3oc4ccc(-c5ccc6ccc7cccnc7c6n5)cc4c3c1)c1c2oc2ccccc21. The van der Waals surface area contributed by atoms with E-state index in [0.29, 0.717) is 0 Å². The molecule has 0 amide bonds. The smallest absolute Gasteiger partial charge is 0.144 e. The van der Waals surface area contributed by atoms with Gasteiger partial charge in [0, 0.05) is 55.1 Å². The lowest BCUT2D eigenvalue weighted by Gasteiger charge is -2.22. The molecule has 4 heteroatoms. The van der Waals surface area contributed by atoms with Crippen molar-refractivity contribution in [2.24, 2.45) is 0 Å². The van der Waals surface area contributed by atoms with E-state index in [2.05, 4.69) is 134 Å². The molecule has 0 fully saturated rings. The summed E-state index contributed by atoms with van der Waals surface area (Å²) in [6.07, 6.45) is 1.83. The molecule has 0 atom stereocenters. The highest BCUT2D eigenvalue weighted by Crippen LogP contribution is 2.55. The summed E-state index contributed by atoms with van der Waals surface area (Å²) in [5.41, 5.74) is 14.6. The molecule has 0 bridgehead atoms. The van der Waals surface area contributed by atoms with Gasteiger partial charge in [-0.2, -0.15) is 0 Å². The van der Waals surface area contributed by atoms with Gasteiger partial charge in [-0.15, -0.1) is 0 Å². The van der Waals surface area contributed by atoms with Gasteiger partial charge in [0.15, 0.2) is 0 Å². The number of benzene rings is 6. The molecule has 4 heterocycles. The van der Waals surface area contributed by atoms with Crippen LogP contribution >= 0.6 is 0 Å². The van der Waals surface area contributed by atoms with Crippen molar-refractivity contribution in [3.8, 4) is 33.5 Å². The number of para-hydroxylation sites is 1. The highest BCUT2D eigenvalue weighted by atomic mass is 16.3. The van der Waals surface area contributed by atoms with E-state index >= 15 is 0 Å². The van der Waals surface area contributed by atoms with E-state index in [1.54, 1.807) is 0 Å². The zero-order valence-electron chi connectivity index (χ0n) is 26.9. The molecule has 1 aliphatic rings. The van der Waals surface area contributed by atoms with Gasteiger partial charge in [0.05, 0.1) is 16.7 Å². The fourth-order valence-corrected chi connectivity index (χ4v) is 8.27. The van der Waals surface area contributed by atoms with Gasteiger partial charge in [0.1, 0.15) is 22.3 Å². The van der Waals surface area contributed by atoms with Gasteiger partial charge in [0.25, 0.3) is 0 Å². The van der Waals surface area contributed by atoms with Crippen LogP contribution in [0.5, 0.6) is 0 Å². The van der Waals surface area contributed by atoms with Crippen molar-refractivity contribution in [3.05, 3.63) is 145 Å². The van der Waals surface area contributed by atoms with Gasteiger partial charge in [-0.3, -0.25) is 4.98 Å². The maximum absolute atomic E-state index is 6.74. The van der Waals surface area contributed by atoms with Gasteiger partial charge in [-0.1, -0.05) is 86.6 Å². The number of fused-ring (bicyclic) bond motifs is 13. The van der Waals surface area contributed by atoms with Crippen molar-refractivity contribution in [1.82, 2.24) is 9.97 Å². The fourth-order valence-electron chi connectivity index (χ4n) is 8.27. The maximum atomic E-state index is 6.74. The second-order valence-electron chi connectivity index (χ2n) is 13.8. The molecule has 0 spiro atoms. The Labute approximate surface area is 281 Å². The first kappa shape index (κ1) is 26.8. The topological polar surface area (TPSA) is 52.1 Å². The highest BCUT2D eigenvalue weighted by molar-refractivity contribution is 6.19. The average Bonchev–Trinajstić information content (AvgIpc) is 3.78. The molecule has 0 saturated heterocycles. The van der Waals surface area contributed by atoms with E-state index in [4.69, 9.17) is 13.8 Å². The molecule has 0 aliphatic heterocycles. The van der Waals surface area contributed by atoms with Gasteiger partial charge in [-0.05, 0) is 82.4 Å². The Morgan fingerprint density at radius 1 is 0.531 bits per heavy atom. The molecule has 6 aromatic carbocycles. The maximum Gasteiger partial charge on any atom is 0.144 e. The number of pyridine rings is 2. The summed E-state index contributed by atoms with van der Waals surface area (Å²) in [5, 5.41) is 6.58. The second-order valence-corrected chi connectivity index (χ2v) is 13.8. The minimum Gasteiger partial charge on any atom is -0.456 e. The molecule has 4 nitrogen and oxygen atoms in total. The van der Waals surface area contributed by atoms with Gasteiger partial charge in [-0.25, -0.2) is 4.98 Å². The van der Waals surface area contributed by atoms with Crippen LogP contribution in [0.3, 0.4) is 0 Å². The summed E-state index contributed by atoms with van der Waals surface area (Å²) in [6.45, 7) is 4.65. The monoisotopic (exact) mass is 628 g/mol. The number of hydrogen-bond donors (Lipinski definition) is 0. The Kier molecular flexibility index (Phi) is 5.15. The van der Waals surface area contributed by atoms with E-state index in [-0.39, 0.29) is 5.41 Å². The van der Waals surface area contributed by atoms with Crippen molar-refractivity contribution in [3.63, 3.8) is 0 Å². The van der Waals surface area contributed by atoms with E-state index in [1.807, 2.05) is 18.3 Å². The Bertz CT molecular complexity index is 3030. The van der Waals surface area contributed by atoms with Crippen LogP contribution in [0, 0.1) is 0 Å². The zero-order chi connectivity index (χ0) is 32.4.